The number of ether oxygens (including phenoxy) is 1. The molecular formula is C12H11Cl3O2. The van der Waals surface area contributed by atoms with Gasteiger partial charge < -0.3 is 4.74 Å². The third-order valence-electron chi connectivity index (χ3n) is 3.17. The molecule has 1 aromatic rings. The van der Waals surface area contributed by atoms with Crippen LogP contribution < -0.4 is 0 Å². The summed E-state index contributed by atoms with van der Waals surface area (Å²) < 4.78 is 5.28. The maximum absolute atomic E-state index is 11.8. The van der Waals surface area contributed by atoms with Crippen molar-refractivity contribution in [2.75, 3.05) is 13.2 Å². The van der Waals surface area contributed by atoms with Gasteiger partial charge in [0.05, 0.1) is 5.41 Å². The second kappa shape index (κ2) is 5.15. The van der Waals surface area contributed by atoms with Crippen LogP contribution >= 0.6 is 34.8 Å². The average Bonchev–Trinajstić information content (AvgIpc) is 2.29. The molecular weight excluding hydrogens is 282 g/mol. The van der Waals surface area contributed by atoms with Gasteiger partial charge in [0, 0.05) is 23.3 Å². The summed E-state index contributed by atoms with van der Waals surface area (Å²) in [6, 6.07) is 5.13. The van der Waals surface area contributed by atoms with E-state index in [1.165, 1.54) is 0 Å². The second-order valence-electron chi connectivity index (χ2n) is 4.09. The Hall–Kier alpha value is -0.280. The Morgan fingerprint density at radius 2 is 1.88 bits per heavy atom. The summed E-state index contributed by atoms with van der Waals surface area (Å²) in [7, 11) is 0. The quantitative estimate of drug-likeness (QED) is 0.775. The van der Waals surface area contributed by atoms with Gasteiger partial charge in [-0.25, -0.2) is 0 Å². The molecule has 2 nitrogen and oxygen atoms in total. The second-order valence-corrected chi connectivity index (χ2v) is 5.28. The van der Waals surface area contributed by atoms with Crippen LogP contribution in [0.3, 0.4) is 0 Å². The van der Waals surface area contributed by atoms with Crippen LogP contribution in [0.2, 0.25) is 10.0 Å². The van der Waals surface area contributed by atoms with E-state index < -0.39 is 5.41 Å². The fourth-order valence-corrected chi connectivity index (χ4v) is 3.05. The third kappa shape index (κ3) is 2.45. The molecule has 0 amide bonds. The monoisotopic (exact) mass is 292 g/mol. The zero-order chi connectivity index (χ0) is 12.5. The molecule has 1 heterocycles. The first-order valence-corrected chi connectivity index (χ1v) is 6.43. The van der Waals surface area contributed by atoms with Crippen molar-refractivity contribution in [2.24, 2.45) is 0 Å². The minimum absolute atomic E-state index is 0.384. The lowest BCUT2D eigenvalue weighted by Gasteiger charge is -2.34. The maximum Gasteiger partial charge on any atom is 0.232 e. The molecule has 1 saturated heterocycles. The third-order valence-corrected chi connectivity index (χ3v) is 4.08. The van der Waals surface area contributed by atoms with Gasteiger partial charge in [-0.15, -0.1) is 0 Å². The Bertz CT molecular complexity index is 439. The molecule has 0 radical (unpaired) electrons. The predicted octanol–water partition coefficient (Wildman–Crippen LogP) is 3.81. The van der Waals surface area contributed by atoms with Gasteiger partial charge in [0.15, 0.2) is 0 Å². The highest BCUT2D eigenvalue weighted by molar-refractivity contribution is 6.65. The molecule has 0 N–H and O–H groups in total. The van der Waals surface area contributed by atoms with E-state index in [0.717, 1.165) is 5.56 Å². The number of rotatable bonds is 2. The summed E-state index contributed by atoms with van der Waals surface area (Å²) in [5.74, 6) is 0. The summed E-state index contributed by atoms with van der Waals surface area (Å²) in [5, 5.41) is 0.640. The number of halogens is 3. The smallest absolute Gasteiger partial charge is 0.232 e. The first kappa shape index (κ1) is 13.2. The van der Waals surface area contributed by atoms with Crippen LogP contribution in [-0.4, -0.2) is 18.5 Å². The zero-order valence-electron chi connectivity index (χ0n) is 9.01. The molecule has 0 saturated carbocycles. The van der Waals surface area contributed by atoms with E-state index in [0.29, 0.717) is 36.1 Å². The van der Waals surface area contributed by atoms with E-state index in [4.69, 9.17) is 39.5 Å². The molecule has 5 heteroatoms. The highest BCUT2D eigenvalue weighted by Gasteiger charge is 2.42. The van der Waals surface area contributed by atoms with Gasteiger partial charge >= 0.3 is 0 Å². The van der Waals surface area contributed by atoms with Gasteiger partial charge in [0.25, 0.3) is 0 Å². The zero-order valence-corrected chi connectivity index (χ0v) is 11.3. The molecule has 0 bridgehead atoms. The Balaban J connectivity index is 2.49. The van der Waals surface area contributed by atoms with Gasteiger partial charge in [-0.1, -0.05) is 29.3 Å². The van der Waals surface area contributed by atoms with E-state index in [1.807, 2.05) is 0 Å². The molecule has 1 aromatic carbocycles. The van der Waals surface area contributed by atoms with Crippen molar-refractivity contribution >= 4 is 40.0 Å². The van der Waals surface area contributed by atoms with E-state index in [2.05, 4.69) is 0 Å². The van der Waals surface area contributed by atoms with Gasteiger partial charge in [0.2, 0.25) is 5.24 Å². The van der Waals surface area contributed by atoms with Crippen LogP contribution in [0.25, 0.3) is 0 Å². The van der Waals surface area contributed by atoms with E-state index >= 15 is 0 Å². The molecule has 92 valence electrons. The molecule has 0 unspecified atom stereocenters. The van der Waals surface area contributed by atoms with Gasteiger partial charge in [0.1, 0.15) is 0 Å². The largest absolute Gasteiger partial charge is 0.381 e. The van der Waals surface area contributed by atoms with Gasteiger partial charge in [-0.05, 0) is 42.1 Å². The SMILES string of the molecule is O=C(Cl)C1(c2ccc(Cl)cc2Cl)CCOCC1. The highest BCUT2D eigenvalue weighted by Crippen LogP contribution is 2.41. The van der Waals surface area contributed by atoms with Crippen molar-refractivity contribution in [3.8, 4) is 0 Å². The topological polar surface area (TPSA) is 26.3 Å². The van der Waals surface area contributed by atoms with Crippen molar-refractivity contribution in [1.29, 1.82) is 0 Å². The number of carbonyl (C=O) groups is 1. The normalized spacial score (nSPS) is 19.0. The number of hydrogen-bond acceptors (Lipinski definition) is 2. The van der Waals surface area contributed by atoms with Crippen LogP contribution in [0.1, 0.15) is 18.4 Å². The van der Waals surface area contributed by atoms with E-state index in [9.17, 15) is 4.79 Å². The van der Waals surface area contributed by atoms with Crippen LogP contribution in [0.5, 0.6) is 0 Å². The number of hydrogen-bond donors (Lipinski definition) is 0. The standard InChI is InChI=1S/C12H11Cl3O2/c13-8-1-2-9(10(14)7-8)12(11(15)16)3-5-17-6-4-12/h1-2,7H,3-6H2. The number of carbonyl (C=O) groups excluding carboxylic acids is 1. The fourth-order valence-electron chi connectivity index (χ4n) is 2.17. The lowest BCUT2D eigenvalue weighted by atomic mass is 9.75. The Kier molecular flexibility index (Phi) is 3.99. The predicted molar refractivity (Wildman–Crippen MR) is 69.1 cm³/mol. The molecule has 17 heavy (non-hydrogen) atoms. The van der Waals surface area contributed by atoms with Crippen molar-refractivity contribution in [1.82, 2.24) is 0 Å². The Labute approximate surface area is 115 Å². The van der Waals surface area contributed by atoms with Crippen LogP contribution in [0.4, 0.5) is 0 Å². The van der Waals surface area contributed by atoms with Gasteiger partial charge in [-0.2, -0.15) is 0 Å². The molecule has 0 aromatic heterocycles. The average molecular weight is 294 g/mol. The summed E-state index contributed by atoms with van der Waals surface area (Å²) >= 11 is 17.8. The summed E-state index contributed by atoms with van der Waals surface area (Å²) in [6.45, 7) is 1.02. The van der Waals surface area contributed by atoms with Crippen LogP contribution in [-0.2, 0) is 14.9 Å². The number of benzene rings is 1. The lowest BCUT2D eigenvalue weighted by molar-refractivity contribution is -0.120. The minimum atomic E-state index is -0.735. The molecule has 0 aliphatic carbocycles. The molecule has 1 fully saturated rings. The van der Waals surface area contributed by atoms with Crippen LogP contribution in [0, 0.1) is 0 Å². The highest BCUT2D eigenvalue weighted by atomic mass is 35.5. The lowest BCUT2D eigenvalue weighted by Crippen LogP contribution is -2.39. The molecule has 0 spiro atoms. The van der Waals surface area contributed by atoms with Crippen molar-refractivity contribution < 1.29 is 9.53 Å². The van der Waals surface area contributed by atoms with Gasteiger partial charge in [-0.3, -0.25) is 4.79 Å². The van der Waals surface area contributed by atoms with E-state index in [-0.39, 0.29) is 5.24 Å². The van der Waals surface area contributed by atoms with Crippen molar-refractivity contribution in [3.63, 3.8) is 0 Å². The molecule has 1 aliphatic heterocycles. The van der Waals surface area contributed by atoms with Crippen molar-refractivity contribution in [3.05, 3.63) is 33.8 Å². The first-order chi connectivity index (χ1) is 8.06. The van der Waals surface area contributed by atoms with Crippen LogP contribution in [0.15, 0.2) is 18.2 Å². The summed E-state index contributed by atoms with van der Waals surface area (Å²) in [4.78, 5) is 11.8. The minimum Gasteiger partial charge on any atom is -0.381 e. The first-order valence-electron chi connectivity index (χ1n) is 5.29. The Morgan fingerprint density at radius 1 is 1.24 bits per heavy atom. The Morgan fingerprint density at radius 3 is 2.41 bits per heavy atom. The molecule has 0 atom stereocenters. The fraction of sp³-hybridized carbons (Fsp3) is 0.417. The maximum atomic E-state index is 11.8. The summed E-state index contributed by atoms with van der Waals surface area (Å²) in [6.07, 6.45) is 1.10. The van der Waals surface area contributed by atoms with Crippen molar-refractivity contribution in [2.45, 2.75) is 18.3 Å². The molecule has 1 aliphatic rings. The van der Waals surface area contributed by atoms with E-state index in [1.54, 1.807) is 18.2 Å². The summed E-state index contributed by atoms with van der Waals surface area (Å²) in [5.41, 5.74) is 0.00782. The molecule has 2 rings (SSSR count).